The van der Waals surface area contributed by atoms with E-state index in [1.807, 2.05) is 37.4 Å². The fourth-order valence-electron chi connectivity index (χ4n) is 2.70. The lowest BCUT2D eigenvalue weighted by Gasteiger charge is -2.04. The van der Waals surface area contributed by atoms with Crippen molar-refractivity contribution in [2.24, 2.45) is 0 Å². The number of furan rings is 1. The van der Waals surface area contributed by atoms with Crippen molar-refractivity contribution >= 4 is 0 Å². The zero-order chi connectivity index (χ0) is 17.2. The molecular formula is C18H16FN5O. The number of rotatable bonds is 5. The number of aromatic nitrogens is 5. The summed E-state index contributed by atoms with van der Waals surface area (Å²) in [6.07, 6.45) is 6.71. The maximum Gasteiger partial charge on any atom is 0.184 e. The second-order valence-corrected chi connectivity index (χ2v) is 5.64. The van der Waals surface area contributed by atoms with Crippen molar-refractivity contribution in [1.29, 1.82) is 0 Å². The molecule has 0 N–H and O–H groups in total. The van der Waals surface area contributed by atoms with Crippen molar-refractivity contribution in [1.82, 2.24) is 24.5 Å². The normalized spacial score (nSPS) is 11.1. The summed E-state index contributed by atoms with van der Waals surface area (Å²) < 4.78 is 21.3. The van der Waals surface area contributed by atoms with E-state index in [4.69, 9.17) is 4.42 Å². The molecule has 0 radical (unpaired) electrons. The minimum Gasteiger partial charge on any atom is -0.472 e. The van der Waals surface area contributed by atoms with Crippen LogP contribution in [0.25, 0.3) is 28.5 Å². The van der Waals surface area contributed by atoms with E-state index in [1.165, 1.54) is 0 Å². The molecule has 0 fully saturated rings. The first-order valence-corrected chi connectivity index (χ1v) is 7.90. The van der Waals surface area contributed by atoms with Gasteiger partial charge in [-0.2, -0.15) is 10.2 Å². The molecule has 0 saturated heterocycles. The van der Waals surface area contributed by atoms with E-state index in [0.717, 1.165) is 22.4 Å². The van der Waals surface area contributed by atoms with Gasteiger partial charge in [0, 0.05) is 6.20 Å². The van der Waals surface area contributed by atoms with Crippen molar-refractivity contribution in [2.75, 3.05) is 6.67 Å². The Morgan fingerprint density at radius 3 is 2.80 bits per heavy atom. The summed E-state index contributed by atoms with van der Waals surface area (Å²) in [6.45, 7) is 1.64. The molecule has 1 aromatic carbocycles. The summed E-state index contributed by atoms with van der Waals surface area (Å²) in [6, 6.07) is 9.74. The zero-order valence-electron chi connectivity index (χ0n) is 13.6. The van der Waals surface area contributed by atoms with Crippen LogP contribution >= 0.6 is 0 Å². The first-order valence-electron chi connectivity index (χ1n) is 7.90. The average Bonchev–Trinajstić information content (AvgIpc) is 3.36. The third kappa shape index (κ3) is 2.84. The monoisotopic (exact) mass is 337 g/mol. The van der Waals surface area contributed by atoms with E-state index in [2.05, 4.69) is 15.2 Å². The van der Waals surface area contributed by atoms with Gasteiger partial charge in [0.15, 0.2) is 11.6 Å². The Hall–Kier alpha value is -3.22. The molecule has 0 saturated carbocycles. The number of benzene rings is 1. The average molecular weight is 337 g/mol. The maximum absolute atomic E-state index is 12.9. The van der Waals surface area contributed by atoms with Crippen LogP contribution in [0, 0.1) is 6.92 Å². The number of alkyl halides is 1. The van der Waals surface area contributed by atoms with Gasteiger partial charge in [0.2, 0.25) is 0 Å². The van der Waals surface area contributed by atoms with Gasteiger partial charge < -0.3 is 4.42 Å². The van der Waals surface area contributed by atoms with Crippen LogP contribution in [0.15, 0.2) is 59.7 Å². The van der Waals surface area contributed by atoms with Crippen molar-refractivity contribution in [3.05, 3.63) is 60.8 Å². The highest BCUT2D eigenvalue weighted by atomic mass is 19.1. The molecule has 3 heterocycles. The Labute approximate surface area is 143 Å². The molecule has 0 aliphatic heterocycles. The summed E-state index contributed by atoms with van der Waals surface area (Å²) >= 11 is 0. The fourth-order valence-corrected chi connectivity index (χ4v) is 2.70. The Morgan fingerprint density at radius 1 is 1.16 bits per heavy atom. The van der Waals surface area contributed by atoms with E-state index >= 15 is 0 Å². The standard InChI is InChI=1S/C18H16FN5O/c1-13-4-2-3-5-16(13)24-11-15(10-20-24)18-21-17(14-6-9-25-12-14)22-23(18)8-7-19/h2-6,9-12H,7-8H2,1H3. The van der Waals surface area contributed by atoms with Crippen molar-refractivity contribution in [3.8, 4) is 28.5 Å². The molecule has 7 heteroatoms. The van der Waals surface area contributed by atoms with Gasteiger partial charge in [-0.25, -0.2) is 18.7 Å². The number of hydrogen-bond acceptors (Lipinski definition) is 4. The number of aryl methyl sites for hydroxylation is 2. The van der Waals surface area contributed by atoms with E-state index in [0.29, 0.717) is 11.6 Å². The minimum atomic E-state index is -0.521. The third-order valence-electron chi connectivity index (χ3n) is 3.95. The van der Waals surface area contributed by atoms with Crippen LogP contribution in [-0.2, 0) is 6.54 Å². The molecule has 0 spiro atoms. The van der Waals surface area contributed by atoms with Crippen LogP contribution in [0.3, 0.4) is 0 Å². The van der Waals surface area contributed by atoms with Gasteiger partial charge in [-0.3, -0.25) is 0 Å². The zero-order valence-corrected chi connectivity index (χ0v) is 13.6. The predicted molar refractivity (Wildman–Crippen MR) is 91.0 cm³/mol. The van der Waals surface area contributed by atoms with Gasteiger partial charge in [-0.1, -0.05) is 18.2 Å². The highest BCUT2D eigenvalue weighted by Crippen LogP contribution is 2.24. The SMILES string of the molecule is Cc1ccccc1-n1cc(-c2nc(-c3ccoc3)nn2CCF)cn1. The number of nitrogens with zero attached hydrogens (tertiary/aromatic N) is 5. The lowest BCUT2D eigenvalue weighted by Crippen LogP contribution is -2.04. The molecule has 3 aromatic heterocycles. The lowest BCUT2D eigenvalue weighted by molar-refractivity contribution is 0.429. The largest absolute Gasteiger partial charge is 0.472 e. The Balaban J connectivity index is 1.76. The van der Waals surface area contributed by atoms with Gasteiger partial charge >= 0.3 is 0 Å². The van der Waals surface area contributed by atoms with Crippen molar-refractivity contribution in [3.63, 3.8) is 0 Å². The molecule has 0 amide bonds. The molecule has 0 aliphatic rings. The van der Waals surface area contributed by atoms with Crippen molar-refractivity contribution < 1.29 is 8.81 Å². The van der Waals surface area contributed by atoms with E-state index in [9.17, 15) is 4.39 Å². The second-order valence-electron chi connectivity index (χ2n) is 5.64. The topological polar surface area (TPSA) is 61.7 Å². The number of halogens is 1. The molecule has 0 aliphatic carbocycles. The van der Waals surface area contributed by atoms with Gasteiger partial charge in [0.1, 0.15) is 12.9 Å². The Kier molecular flexibility index (Phi) is 3.89. The van der Waals surface area contributed by atoms with Gasteiger partial charge in [-0.15, -0.1) is 0 Å². The number of hydrogen-bond donors (Lipinski definition) is 0. The van der Waals surface area contributed by atoms with Crippen LogP contribution < -0.4 is 0 Å². The lowest BCUT2D eigenvalue weighted by atomic mass is 10.2. The Morgan fingerprint density at radius 2 is 2.04 bits per heavy atom. The van der Waals surface area contributed by atoms with Crippen LogP contribution in [0.2, 0.25) is 0 Å². The van der Waals surface area contributed by atoms with E-state index in [1.54, 1.807) is 34.2 Å². The molecule has 25 heavy (non-hydrogen) atoms. The van der Waals surface area contributed by atoms with Crippen LogP contribution in [-0.4, -0.2) is 31.2 Å². The fraction of sp³-hybridized carbons (Fsp3) is 0.167. The summed E-state index contributed by atoms with van der Waals surface area (Å²) in [7, 11) is 0. The molecule has 0 atom stereocenters. The Bertz CT molecular complexity index is 987. The minimum absolute atomic E-state index is 0.135. The van der Waals surface area contributed by atoms with Crippen LogP contribution in [0.4, 0.5) is 4.39 Å². The molecule has 4 rings (SSSR count). The first-order chi connectivity index (χ1) is 12.3. The summed E-state index contributed by atoms with van der Waals surface area (Å²) in [5.41, 5.74) is 3.63. The molecule has 6 nitrogen and oxygen atoms in total. The second kappa shape index (κ2) is 6.35. The quantitative estimate of drug-likeness (QED) is 0.557. The molecular weight excluding hydrogens is 321 g/mol. The summed E-state index contributed by atoms with van der Waals surface area (Å²) in [5.74, 6) is 1.08. The molecule has 0 unspecified atom stereocenters. The summed E-state index contributed by atoms with van der Waals surface area (Å²) in [5, 5.41) is 8.81. The molecule has 0 bridgehead atoms. The number of para-hydroxylation sites is 1. The van der Waals surface area contributed by atoms with Gasteiger partial charge in [-0.05, 0) is 24.6 Å². The van der Waals surface area contributed by atoms with E-state index in [-0.39, 0.29) is 6.54 Å². The van der Waals surface area contributed by atoms with E-state index < -0.39 is 6.67 Å². The van der Waals surface area contributed by atoms with Crippen molar-refractivity contribution in [2.45, 2.75) is 13.5 Å². The third-order valence-corrected chi connectivity index (χ3v) is 3.95. The molecule has 4 aromatic rings. The highest BCUT2D eigenvalue weighted by molar-refractivity contribution is 5.60. The first kappa shape index (κ1) is 15.3. The smallest absolute Gasteiger partial charge is 0.184 e. The maximum atomic E-state index is 12.9. The predicted octanol–water partition coefficient (Wildman–Crippen LogP) is 3.67. The highest BCUT2D eigenvalue weighted by Gasteiger charge is 2.16. The molecule has 126 valence electrons. The van der Waals surface area contributed by atoms with Crippen LogP contribution in [0.5, 0.6) is 0 Å². The van der Waals surface area contributed by atoms with Crippen LogP contribution in [0.1, 0.15) is 5.56 Å². The van der Waals surface area contributed by atoms with Gasteiger partial charge in [0.25, 0.3) is 0 Å². The summed E-state index contributed by atoms with van der Waals surface area (Å²) in [4.78, 5) is 4.54. The van der Waals surface area contributed by atoms with Gasteiger partial charge in [0.05, 0.1) is 35.8 Å².